The summed E-state index contributed by atoms with van der Waals surface area (Å²) in [6.07, 6.45) is -0.560. The molecule has 0 saturated carbocycles. The average molecular weight is 111 g/mol. The highest BCUT2D eigenvalue weighted by molar-refractivity contribution is 4.33. The quantitative estimate of drug-likeness (QED) is 0.426. The highest BCUT2D eigenvalue weighted by Gasteiger charge is 1.83. The van der Waals surface area contributed by atoms with E-state index in [1.807, 2.05) is 0 Å². The number of aliphatic hydroxyl groups excluding tert-OH is 2. The molecule has 7 N–H and O–H groups in total. The molecule has 7 heavy (non-hydrogen) atoms. The fraction of sp³-hybridized carbons (Fsp3) is 1.00. The molecule has 0 aromatic carbocycles. The summed E-state index contributed by atoms with van der Waals surface area (Å²) in [4.78, 5) is 0. The first-order valence-electron chi connectivity index (χ1n) is 1.56. The van der Waals surface area contributed by atoms with Gasteiger partial charge < -0.3 is 21.8 Å². The minimum absolute atomic E-state index is 0. The number of quaternary nitrogens is 1. The van der Waals surface area contributed by atoms with Crippen molar-refractivity contribution in [2.75, 3.05) is 6.61 Å². The van der Waals surface area contributed by atoms with Crippen molar-refractivity contribution < 1.29 is 15.7 Å². The zero-order valence-electron chi connectivity index (χ0n) is 4.63. The number of aliphatic hydroxyl groups is 2. The summed E-state index contributed by atoms with van der Waals surface area (Å²) in [7, 11) is 0. The van der Waals surface area contributed by atoms with E-state index in [-0.39, 0.29) is 18.2 Å². The van der Waals surface area contributed by atoms with E-state index >= 15 is 0 Å². The summed E-state index contributed by atoms with van der Waals surface area (Å²) < 4.78 is 0. The van der Waals surface area contributed by atoms with Crippen LogP contribution in [-0.4, -0.2) is 28.4 Å². The summed E-state index contributed by atoms with van der Waals surface area (Å²) in [5, 5.41) is 16.0. The molecular formula is C3H13NO3. The van der Waals surface area contributed by atoms with Crippen LogP contribution in [0, 0.1) is 0 Å². The van der Waals surface area contributed by atoms with Gasteiger partial charge in [0.1, 0.15) is 0 Å². The number of rotatable bonds is 1. The first-order chi connectivity index (χ1) is 2.27. The van der Waals surface area contributed by atoms with Gasteiger partial charge >= 0.3 is 0 Å². The van der Waals surface area contributed by atoms with Gasteiger partial charge in [0.25, 0.3) is 0 Å². The lowest BCUT2D eigenvalue weighted by Gasteiger charge is -1.90. The van der Waals surface area contributed by atoms with E-state index in [2.05, 4.69) is 0 Å². The third-order valence-corrected chi connectivity index (χ3v) is 0.264. The molecular weight excluding hydrogens is 98.0 g/mol. The fourth-order valence-electron chi connectivity index (χ4n) is 0. The standard InChI is InChI=1S/C3H8O2.H3N.H2O/c1-3(5)2-4;;/h3-5H,2H2,1H3;1H3;1H2. The monoisotopic (exact) mass is 111 g/mol. The van der Waals surface area contributed by atoms with Crippen LogP contribution in [0.25, 0.3) is 0 Å². The maximum Gasteiger partial charge on any atom is 0.0742 e. The molecule has 0 rings (SSSR count). The molecule has 0 amide bonds. The van der Waals surface area contributed by atoms with Crippen LogP contribution < -0.4 is 6.15 Å². The van der Waals surface area contributed by atoms with Crippen molar-refractivity contribution in [2.45, 2.75) is 13.0 Å². The third kappa shape index (κ3) is 25.4. The molecule has 0 aromatic heterocycles. The molecule has 0 heterocycles. The highest BCUT2D eigenvalue weighted by atomic mass is 16.3. The van der Waals surface area contributed by atoms with Crippen molar-refractivity contribution in [2.24, 2.45) is 0 Å². The molecule has 0 aliphatic rings. The molecule has 4 heteroatoms. The molecule has 0 bridgehead atoms. The van der Waals surface area contributed by atoms with Crippen molar-refractivity contribution >= 4 is 0 Å². The SMILES string of the molecule is CC(O)CO.[NH4+].[OH-]. The van der Waals surface area contributed by atoms with Gasteiger partial charge in [0.15, 0.2) is 0 Å². The molecule has 0 fully saturated rings. The van der Waals surface area contributed by atoms with Crippen LogP contribution in [-0.2, 0) is 0 Å². The van der Waals surface area contributed by atoms with Gasteiger partial charge in [-0.25, -0.2) is 0 Å². The maximum atomic E-state index is 8.11. The molecule has 1 atom stereocenters. The van der Waals surface area contributed by atoms with Crippen LogP contribution in [0.15, 0.2) is 0 Å². The van der Waals surface area contributed by atoms with Gasteiger partial charge in [0.05, 0.1) is 12.7 Å². The predicted octanol–water partition coefficient (Wildman–Crippen LogP) is -0.441. The van der Waals surface area contributed by atoms with Gasteiger partial charge in [-0.15, -0.1) is 0 Å². The number of hydrogen-bond donors (Lipinski definition) is 3. The molecule has 0 aliphatic heterocycles. The van der Waals surface area contributed by atoms with Crippen LogP contribution in [0.1, 0.15) is 6.92 Å². The van der Waals surface area contributed by atoms with Crippen LogP contribution in [0.3, 0.4) is 0 Å². The molecule has 48 valence electrons. The Labute approximate surface area is 42.7 Å². The Hall–Kier alpha value is -0.160. The second-order valence-corrected chi connectivity index (χ2v) is 1.03. The van der Waals surface area contributed by atoms with Gasteiger partial charge in [-0.05, 0) is 6.92 Å². The Bertz CT molecular complexity index is 24.1. The van der Waals surface area contributed by atoms with Crippen molar-refractivity contribution in [3.05, 3.63) is 0 Å². The lowest BCUT2D eigenvalue weighted by Crippen LogP contribution is -2.03. The Balaban J connectivity index is -0.0000000800. The minimum Gasteiger partial charge on any atom is -0.870 e. The van der Waals surface area contributed by atoms with E-state index < -0.39 is 6.10 Å². The molecule has 0 spiro atoms. The lowest BCUT2D eigenvalue weighted by atomic mass is 10.5. The number of hydrogen-bond acceptors (Lipinski definition) is 3. The Morgan fingerprint density at radius 1 is 1.57 bits per heavy atom. The van der Waals surface area contributed by atoms with Crippen molar-refractivity contribution in [3.8, 4) is 0 Å². The summed E-state index contributed by atoms with van der Waals surface area (Å²) in [5.41, 5.74) is 0. The smallest absolute Gasteiger partial charge is 0.0742 e. The topological polar surface area (TPSA) is 107 Å². The van der Waals surface area contributed by atoms with Gasteiger partial charge in [0.2, 0.25) is 0 Å². The second-order valence-electron chi connectivity index (χ2n) is 1.03. The second kappa shape index (κ2) is 9.28. The van der Waals surface area contributed by atoms with Crippen LogP contribution in [0.5, 0.6) is 0 Å². The Morgan fingerprint density at radius 2 is 1.71 bits per heavy atom. The van der Waals surface area contributed by atoms with Crippen LogP contribution in [0.2, 0.25) is 0 Å². The van der Waals surface area contributed by atoms with E-state index in [1.165, 1.54) is 6.92 Å². The van der Waals surface area contributed by atoms with Crippen LogP contribution in [0.4, 0.5) is 0 Å². The van der Waals surface area contributed by atoms with Gasteiger partial charge in [-0.3, -0.25) is 0 Å². The first-order valence-corrected chi connectivity index (χ1v) is 1.56. The maximum absolute atomic E-state index is 8.11. The van der Waals surface area contributed by atoms with E-state index in [0.29, 0.717) is 0 Å². The Kier molecular flexibility index (Phi) is 21.0. The van der Waals surface area contributed by atoms with E-state index in [1.54, 1.807) is 0 Å². The van der Waals surface area contributed by atoms with E-state index in [9.17, 15) is 0 Å². The van der Waals surface area contributed by atoms with Gasteiger partial charge in [0, 0.05) is 0 Å². The lowest BCUT2D eigenvalue weighted by molar-refractivity contribution is 0.110. The van der Waals surface area contributed by atoms with Crippen molar-refractivity contribution in [3.63, 3.8) is 0 Å². The Morgan fingerprint density at radius 3 is 1.71 bits per heavy atom. The van der Waals surface area contributed by atoms with E-state index in [4.69, 9.17) is 10.2 Å². The van der Waals surface area contributed by atoms with Gasteiger partial charge in [-0.1, -0.05) is 0 Å². The summed E-state index contributed by atoms with van der Waals surface area (Å²) in [5.74, 6) is 0. The summed E-state index contributed by atoms with van der Waals surface area (Å²) >= 11 is 0. The largest absolute Gasteiger partial charge is 0.870 e. The summed E-state index contributed by atoms with van der Waals surface area (Å²) in [6.45, 7) is 1.39. The van der Waals surface area contributed by atoms with Crippen LogP contribution >= 0.6 is 0 Å². The molecule has 0 aromatic rings. The van der Waals surface area contributed by atoms with E-state index in [0.717, 1.165) is 0 Å². The van der Waals surface area contributed by atoms with Crippen molar-refractivity contribution in [1.82, 2.24) is 6.15 Å². The molecule has 0 aliphatic carbocycles. The fourth-order valence-corrected chi connectivity index (χ4v) is 0. The average Bonchev–Trinajstić information content (AvgIpc) is 1.38. The molecule has 1 unspecified atom stereocenters. The minimum atomic E-state index is -0.560. The summed E-state index contributed by atoms with van der Waals surface area (Å²) in [6, 6.07) is 0. The first kappa shape index (κ1) is 15.8. The molecule has 4 nitrogen and oxygen atoms in total. The molecule has 0 saturated heterocycles. The normalized spacial score (nSPS) is 10.7. The predicted molar refractivity (Wildman–Crippen MR) is 26.7 cm³/mol. The highest BCUT2D eigenvalue weighted by Crippen LogP contribution is 1.68. The molecule has 0 radical (unpaired) electrons. The zero-order valence-corrected chi connectivity index (χ0v) is 4.63. The van der Waals surface area contributed by atoms with Crippen molar-refractivity contribution in [1.29, 1.82) is 0 Å². The third-order valence-electron chi connectivity index (χ3n) is 0.264. The zero-order chi connectivity index (χ0) is 4.28. The van der Waals surface area contributed by atoms with Gasteiger partial charge in [-0.2, -0.15) is 0 Å².